The summed E-state index contributed by atoms with van der Waals surface area (Å²) in [5.74, 6) is 1.07. The Labute approximate surface area is 111 Å². The maximum atomic E-state index is 12.4. The second-order valence-electron chi connectivity index (χ2n) is 6.52. The fraction of sp³-hybridized carbons (Fsp3) is 0.933. The SMILES string of the molecule is CC1CCCN(C(=O)CC2(N)CCCCC2)CC1. The number of hydrogen-bond acceptors (Lipinski definition) is 2. The third kappa shape index (κ3) is 3.71. The summed E-state index contributed by atoms with van der Waals surface area (Å²) in [5, 5.41) is 0. The van der Waals surface area contributed by atoms with Gasteiger partial charge in [-0.15, -0.1) is 0 Å². The Bertz CT molecular complexity index is 284. The highest BCUT2D eigenvalue weighted by molar-refractivity contribution is 5.77. The number of carbonyl (C=O) groups excluding carboxylic acids is 1. The zero-order valence-electron chi connectivity index (χ0n) is 11.8. The Morgan fingerprint density at radius 3 is 2.61 bits per heavy atom. The van der Waals surface area contributed by atoms with Gasteiger partial charge >= 0.3 is 0 Å². The molecule has 18 heavy (non-hydrogen) atoms. The van der Waals surface area contributed by atoms with Crippen LogP contribution in [0.4, 0.5) is 0 Å². The molecule has 1 amide bonds. The number of likely N-dealkylation sites (tertiary alicyclic amines) is 1. The smallest absolute Gasteiger partial charge is 0.224 e. The zero-order chi connectivity index (χ0) is 13.0. The fourth-order valence-corrected chi connectivity index (χ4v) is 3.36. The van der Waals surface area contributed by atoms with Crippen LogP contribution < -0.4 is 5.73 Å². The van der Waals surface area contributed by atoms with Gasteiger partial charge < -0.3 is 10.6 Å². The summed E-state index contributed by atoms with van der Waals surface area (Å²) < 4.78 is 0. The summed E-state index contributed by atoms with van der Waals surface area (Å²) >= 11 is 0. The van der Waals surface area contributed by atoms with Gasteiger partial charge in [0.2, 0.25) is 5.91 Å². The van der Waals surface area contributed by atoms with Crippen molar-refractivity contribution in [3.8, 4) is 0 Å². The molecule has 0 aromatic carbocycles. The molecular weight excluding hydrogens is 224 g/mol. The molecule has 1 atom stereocenters. The highest BCUT2D eigenvalue weighted by Gasteiger charge is 2.32. The standard InChI is InChI=1S/C15H28N2O/c1-13-6-5-10-17(11-7-13)14(18)12-15(16)8-3-2-4-9-15/h13H,2-12,16H2,1H3. The Morgan fingerprint density at radius 2 is 1.89 bits per heavy atom. The highest BCUT2D eigenvalue weighted by atomic mass is 16.2. The second kappa shape index (κ2) is 6.05. The molecule has 0 aromatic heterocycles. The largest absolute Gasteiger partial charge is 0.343 e. The van der Waals surface area contributed by atoms with Crippen LogP contribution in [0.2, 0.25) is 0 Å². The first-order valence-electron chi connectivity index (χ1n) is 7.66. The van der Waals surface area contributed by atoms with Gasteiger partial charge in [-0.1, -0.05) is 26.2 Å². The van der Waals surface area contributed by atoms with E-state index in [-0.39, 0.29) is 5.54 Å². The minimum absolute atomic E-state index is 0.201. The van der Waals surface area contributed by atoms with E-state index in [4.69, 9.17) is 5.73 Å². The lowest BCUT2D eigenvalue weighted by Crippen LogP contribution is -2.47. The van der Waals surface area contributed by atoms with E-state index in [1.54, 1.807) is 0 Å². The molecule has 2 aliphatic rings. The van der Waals surface area contributed by atoms with Crippen LogP contribution in [-0.4, -0.2) is 29.4 Å². The predicted molar refractivity (Wildman–Crippen MR) is 74.2 cm³/mol. The lowest BCUT2D eigenvalue weighted by atomic mass is 9.80. The van der Waals surface area contributed by atoms with Crippen molar-refractivity contribution in [2.45, 2.75) is 70.3 Å². The van der Waals surface area contributed by atoms with Gasteiger partial charge in [0.05, 0.1) is 0 Å². The molecule has 104 valence electrons. The van der Waals surface area contributed by atoms with Crippen molar-refractivity contribution in [3.63, 3.8) is 0 Å². The fourth-order valence-electron chi connectivity index (χ4n) is 3.36. The molecule has 2 fully saturated rings. The normalized spacial score (nSPS) is 28.8. The van der Waals surface area contributed by atoms with Crippen LogP contribution in [0, 0.1) is 5.92 Å². The van der Waals surface area contributed by atoms with Gasteiger partial charge in [-0.05, 0) is 38.0 Å². The molecule has 3 heteroatoms. The molecule has 2 N–H and O–H groups in total. The van der Waals surface area contributed by atoms with Crippen molar-refractivity contribution in [2.75, 3.05) is 13.1 Å². The first-order valence-corrected chi connectivity index (χ1v) is 7.66. The summed E-state index contributed by atoms with van der Waals surface area (Å²) in [6.45, 7) is 4.18. The summed E-state index contributed by atoms with van der Waals surface area (Å²) in [6.07, 6.45) is 9.88. The zero-order valence-corrected chi connectivity index (χ0v) is 11.8. The lowest BCUT2D eigenvalue weighted by molar-refractivity contribution is -0.132. The van der Waals surface area contributed by atoms with Gasteiger partial charge in [0.1, 0.15) is 0 Å². The Balaban J connectivity index is 1.86. The van der Waals surface area contributed by atoms with E-state index in [1.165, 1.54) is 25.7 Å². The van der Waals surface area contributed by atoms with Crippen molar-refractivity contribution in [2.24, 2.45) is 11.7 Å². The maximum Gasteiger partial charge on any atom is 0.224 e. The summed E-state index contributed by atoms with van der Waals surface area (Å²) in [7, 11) is 0. The van der Waals surface area contributed by atoms with Crippen LogP contribution in [0.1, 0.15) is 64.7 Å². The molecule has 1 aliphatic carbocycles. The van der Waals surface area contributed by atoms with Gasteiger partial charge in [-0.25, -0.2) is 0 Å². The average molecular weight is 252 g/mol. The minimum Gasteiger partial charge on any atom is -0.343 e. The van der Waals surface area contributed by atoms with Crippen molar-refractivity contribution in [1.29, 1.82) is 0 Å². The van der Waals surface area contributed by atoms with Crippen LogP contribution in [0.3, 0.4) is 0 Å². The molecule has 1 unspecified atom stereocenters. The number of hydrogen-bond donors (Lipinski definition) is 1. The summed E-state index contributed by atoms with van der Waals surface area (Å²) in [4.78, 5) is 14.4. The molecule has 1 heterocycles. The van der Waals surface area contributed by atoms with Crippen molar-refractivity contribution in [1.82, 2.24) is 4.90 Å². The quantitative estimate of drug-likeness (QED) is 0.821. The Kier molecular flexibility index (Phi) is 4.66. The Hall–Kier alpha value is -0.570. The number of nitrogens with two attached hydrogens (primary N) is 1. The molecular formula is C15H28N2O. The molecule has 0 radical (unpaired) electrons. The van der Waals surface area contributed by atoms with E-state index in [2.05, 4.69) is 11.8 Å². The van der Waals surface area contributed by atoms with Crippen LogP contribution >= 0.6 is 0 Å². The molecule has 2 rings (SSSR count). The van der Waals surface area contributed by atoms with E-state index in [0.29, 0.717) is 12.3 Å². The van der Waals surface area contributed by atoms with Crippen molar-refractivity contribution < 1.29 is 4.79 Å². The monoisotopic (exact) mass is 252 g/mol. The van der Waals surface area contributed by atoms with Gasteiger partial charge in [0, 0.05) is 25.0 Å². The minimum atomic E-state index is -0.201. The maximum absolute atomic E-state index is 12.4. The first kappa shape index (κ1) is 13.9. The number of carbonyl (C=O) groups is 1. The number of amides is 1. The second-order valence-corrected chi connectivity index (χ2v) is 6.52. The third-order valence-electron chi connectivity index (χ3n) is 4.72. The average Bonchev–Trinajstić information content (AvgIpc) is 2.54. The molecule has 1 saturated carbocycles. The van der Waals surface area contributed by atoms with E-state index >= 15 is 0 Å². The van der Waals surface area contributed by atoms with Gasteiger partial charge in [0.25, 0.3) is 0 Å². The van der Waals surface area contributed by atoms with E-state index in [9.17, 15) is 4.79 Å². The van der Waals surface area contributed by atoms with Gasteiger partial charge in [-0.2, -0.15) is 0 Å². The number of nitrogens with zero attached hydrogens (tertiary/aromatic N) is 1. The van der Waals surface area contributed by atoms with Crippen LogP contribution in [-0.2, 0) is 4.79 Å². The molecule has 0 spiro atoms. The van der Waals surface area contributed by atoms with E-state index < -0.39 is 0 Å². The van der Waals surface area contributed by atoms with E-state index in [0.717, 1.165) is 44.7 Å². The Morgan fingerprint density at radius 1 is 1.17 bits per heavy atom. The lowest BCUT2D eigenvalue weighted by Gasteiger charge is -2.34. The predicted octanol–water partition coefficient (Wildman–Crippen LogP) is 2.69. The summed E-state index contributed by atoms with van der Waals surface area (Å²) in [5.41, 5.74) is 6.18. The molecule has 1 saturated heterocycles. The number of rotatable bonds is 2. The van der Waals surface area contributed by atoms with Gasteiger partial charge in [-0.3, -0.25) is 4.79 Å². The first-order chi connectivity index (χ1) is 8.59. The van der Waals surface area contributed by atoms with Crippen molar-refractivity contribution >= 4 is 5.91 Å². The van der Waals surface area contributed by atoms with E-state index in [1.807, 2.05) is 0 Å². The van der Waals surface area contributed by atoms with Crippen molar-refractivity contribution in [3.05, 3.63) is 0 Å². The van der Waals surface area contributed by atoms with Gasteiger partial charge in [0.15, 0.2) is 0 Å². The van der Waals surface area contributed by atoms with Crippen LogP contribution in [0.5, 0.6) is 0 Å². The molecule has 0 aromatic rings. The summed E-state index contributed by atoms with van der Waals surface area (Å²) in [6, 6.07) is 0. The molecule has 1 aliphatic heterocycles. The van der Waals surface area contributed by atoms with Crippen LogP contribution in [0.15, 0.2) is 0 Å². The van der Waals surface area contributed by atoms with Crippen LogP contribution in [0.25, 0.3) is 0 Å². The topological polar surface area (TPSA) is 46.3 Å². The molecule has 3 nitrogen and oxygen atoms in total. The third-order valence-corrected chi connectivity index (χ3v) is 4.72. The molecule has 0 bridgehead atoms. The highest BCUT2D eigenvalue weighted by Crippen LogP contribution is 2.29.